The summed E-state index contributed by atoms with van der Waals surface area (Å²) in [5.41, 5.74) is 1.61. The number of phosphoric acid groups is 1. The number of aromatic nitrogens is 5. The Bertz CT molecular complexity index is 2390. The van der Waals surface area contributed by atoms with Crippen molar-refractivity contribution in [2.24, 2.45) is 24.3 Å². The SMILES string of the molecule is Cn1ccc2c([C@@H](c3cn(C4CC5CC4C5)nn3)N(C(=O)OCOP(=O)(O)O)c3cc(Cl)c4ncc(C#N)c(NCC(C)(C)C)c4c3)cccc2c1=O. The molecule has 0 radical (unpaired) electrons. The van der Waals surface area contributed by atoms with Gasteiger partial charge in [-0.25, -0.2) is 18.6 Å². The van der Waals surface area contributed by atoms with Crippen molar-refractivity contribution < 1.29 is 28.4 Å². The zero-order valence-electron chi connectivity index (χ0n) is 29.4. The van der Waals surface area contributed by atoms with E-state index in [0.29, 0.717) is 57.0 Å². The van der Waals surface area contributed by atoms with Crippen LogP contribution < -0.4 is 15.8 Å². The molecule has 2 aromatic carbocycles. The fraction of sp³-hybridized carbons (Fsp3) is 0.389. The molecule has 0 saturated heterocycles. The molecule has 2 atom stereocenters. The highest BCUT2D eigenvalue weighted by Crippen LogP contribution is 2.54. The van der Waals surface area contributed by atoms with Gasteiger partial charge in [-0.1, -0.05) is 49.7 Å². The number of benzene rings is 2. The fourth-order valence-electron chi connectivity index (χ4n) is 7.39. The molecule has 3 N–H and O–H groups in total. The zero-order valence-corrected chi connectivity index (χ0v) is 31.1. The smallest absolute Gasteiger partial charge is 0.421 e. The van der Waals surface area contributed by atoms with E-state index in [1.165, 1.54) is 21.7 Å². The first-order valence-electron chi connectivity index (χ1n) is 17.0. The van der Waals surface area contributed by atoms with Gasteiger partial charge in [-0.05, 0) is 71.7 Å². The Morgan fingerprint density at radius 3 is 2.64 bits per heavy atom. The molecule has 0 aliphatic heterocycles. The van der Waals surface area contributed by atoms with E-state index in [4.69, 9.17) is 16.3 Å². The maximum atomic E-state index is 14.4. The first-order valence-corrected chi connectivity index (χ1v) is 18.9. The maximum Gasteiger partial charge on any atom is 0.472 e. The fourth-order valence-corrected chi connectivity index (χ4v) is 7.84. The van der Waals surface area contributed by atoms with Gasteiger partial charge >= 0.3 is 13.9 Å². The van der Waals surface area contributed by atoms with Crippen LogP contribution in [0.3, 0.4) is 0 Å². The van der Waals surface area contributed by atoms with E-state index in [0.717, 1.165) is 19.3 Å². The first-order chi connectivity index (χ1) is 25.1. The Morgan fingerprint density at radius 2 is 1.96 bits per heavy atom. The predicted octanol–water partition coefficient (Wildman–Crippen LogP) is 6.43. The van der Waals surface area contributed by atoms with Crippen LogP contribution in [0, 0.1) is 28.6 Å². The Balaban J connectivity index is 1.46. The standard InChI is InChI=1S/C36H38ClN8O7P/c1-36(2,3)18-40-31-22(15-38)16-39-32-27(31)13-23(14-28(32)37)45(35(47)51-19-52-53(48,49)50)33(25-6-5-7-26-24(25)8-9-43(4)34(26)46)29-17-44(42-41-29)30-12-20-10-21(30)11-20/h5-9,13-14,16-17,20-21,30,33H,10-12,18-19H2,1-4H3,(H,39,40)(H2,48,49,50)/t20?,21?,30?,33-/m0/s1. The molecule has 1 unspecified atom stereocenters. The third kappa shape index (κ3) is 7.25. The second kappa shape index (κ2) is 13.9. The van der Waals surface area contributed by atoms with Gasteiger partial charge in [-0.2, -0.15) is 5.26 Å². The lowest BCUT2D eigenvalue weighted by atomic mass is 9.84. The Labute approximate surface area is 309 Å². The molecule has 3 saturated carbocycles. The normalized spacial score (nSPS) is 18.8. The molecule has 1 amide bonds. The number of aryl methyl sites for hydroxylation is 1. The number of hydrogen-bond donors (Lipinski definition) is 3. The van der Waals surface area contributed by atoms with Gasteiger partial charge in [-0.3, -0.25) is 14.7 Å². The van der Waals surface area contributed by atoms with Crippen LogP contribution in [-0.2, 0) is 20.9 Å². The molecule has 8 rings (SSSR count). The number of halogens is 1. The first kappa shape index (κ1) is 36.5. The van der Waals surface area contributed by atoms with Crippen molar-refractivity contribution in [1.82, 2.24) is 24.5 Å². The van der Waals surface area contributed by atoms with E-state index in [1.54, 1.807) is 49.8 Å². The van der Waals surface area contributed by atoms with E-state index in [1.807, 2.05) is 25.5 Å². The molecule has 3 aliphatic carbocycles. The van der Waals surface area contributed by atoms with Gasteiger partial charge in [0.25, 0.3) is 5.56 Å². The number of amides is 1. The molecule has 17 heteroatoms. The van der Waals surface area contributed by atoms with Crippen molar-refractivity contribution in [3.05, 3.63) is 87.2 Å². The van der Waals surface area contributed by atoms with E-state index < -0.39 is 26.8 Å². The van der Waals surface area contributed by atoms with Crippen molar-refractivity contribution in [1.29, 1.82) is 5.26 Å². The molecule has 0 spiro atoms. The summed E-state index contributed by atoms with van der Waals surface area (Å²) in [7, 11) is -3.38. The van der Waals surface area contributed by atoms with Crippen LogP contribution in [0.25, 0.3) is 21.7 Å². The topological polar surface area (TPSA) is 198 Å². The van der Waals surface area contributed by atoms with Crippen LogP contribution in [0.15, 0.2) is 59.8 Å². The van der Waals surface area contributed by atoms with E-state index in [-0.39, 0.29) is 33.3 Å². The van der Waals surface area contributed by atoms with E-state index in [9.17, 15) is 29.2 Å². The number of pyridine rings is 2. The Kier molecular flexibility index (Phi) is 9.55. The molecule has 15 nitrogen and oxygen atoms in total. The second-order valence-corrected chi connectivity index (χ2v) is 16.5. The number of carbonyl (C=O) groups is 1. The summed E-state index contributed by atoms with van der Waals surface area (Å²) in [6, 6.07) is 11.3. The molecule has 3 aliphatic rings. The predicted molar refractivity (Wildman–Crippen MR) is 197 cm³/mol. The monoisotopic (exact) mass is 760 g/mol. The highest BCUT2D eigenvalue weighted by atomic mass is 35.5. The van der Waals surface area contributed by atoms with Crippen molar-refractivity contribution in [3.63, 3.8) is 0 Å². The number of carbonyl (C=O) groups excluding carboxylic acids is 1. The second-order valence-electron chi connectivity index (χ2n) is 14.9. The summed E-state index contributed by atoms with van der Waals surface area (Å²) in [4.78, 5) is 52.2. The number of nitrogens with one attached hydrogen (secondary N) is 1. The lowest BCUT2D eigenvalue weighted by Crippen LogP contribution is -2.37. The van der Waals surface area contributed by atoms with Crippen LogP contribution in [0.4, 0.5) is 16.2 Å². The number of hydrogen-bond acceptors (Lipinski definition) is 10. The third-order valence-electron chi connectivity index (χ3n) is 9.95. The van der Waals surface area contributed by atoms with E-state index >= 15 is 0 Å². The summed E-state index contributed by atoms with van der Waals surface area (Å²) >= 11 is 6.92. The molecule has 5 aromatic rings. The largest absolute Gasteiger partial charge is 0.472 e. The van der Waals surface area contributed by atoms with Crippen LogP contribution in [-0.4, -0.2) is 53.8 Å². The maximum absolute atomic E-state index is 14.4. The van der Waals surface area contributed by atoms with Crippen LogP contribution in [0.5, 0.6) is 0 Å². The molecular weight excluding hydrogens is 723 g/mol. The lowest BCUT2D eigenvalue weighted by Gasteiger charge is -2.31. The van der Waals surface area contributed by atoms with Gasteiger partial charge in [0, 0.05) is 36.8 Å². The number of phosphoric ester groups is 1. The average molecular weight is 761 g/mol. The number of anilines is 2. The van der Waals surface area contributed by atoms with Gasteiger partial charge < -0.3 is 24.4 Å². The number of rotatable bonds is 10. The van der Waals surface area contributed by atoms with Crippen molar-refractivity contribution >= 4 is 58.6 Å². The number of nitrogens with zero attached hydrogens (tertiary/aromatic N) is 7. The third-order valence-corrected chi connectivity index (χ3v) is 10.7. The van der Waals surface area contributed by atoms with Crippen LogP contribution in [0.1, 0.15) is 68.9 Å². The molecular formula is C36H38ClN8O7P. The number of fused-ring (bicyclic) bond motifs is 3. The summed E-state index contributed by atoms with van der Waals surface area (Å²) in [5.74, 6) is 1.11. The molecule has 53 heavy (non-hydrogen) atoms. The zero-order chi connectivity index (χ0) is 37.8. The number of ether oxygens (including phenoxy) is 1. The van der Waals surface area contributed by atoms with Crippen molar-refractivity contribution in [2.75, 3.05) is 23.6 Å². The summed E-state index contributed by atoms with van der Waals surface area (Å²) in [6.45, 7) is 5.51. The molecule has 3 heterocycles. The van der Waals surface area contributed by atoms with Gasteiger partial charge in [0.05, 0.1) is 39.7 Å². The minimum absolute atomic E-state index is 0.140. The quantitative estimate of drug-likeness (QED) is 0.104. The summed E-state index contributed by atoms with van der Waals surface area (Å²) in [5, 5.41) is 24.0. The van der Waals surface area contributed by atoms with Crippen molar-refractivity contribution in [3.8, 4) is 6.07 Å². The van der Waals surface area contributed by atoms with Gasteiger partial charge in [-0.15, -0.1) is 5.10 Å². The van der Waals surface area contributed by atoms with Crippen LogP contribution in [0.2, 0.25) is 5.02 Å². The molecule has 3 fully saturated rings. The summed E-state index contributed by atoms with van der Waals surface area (Å²) < 4.78 is 24.7. The highest BCUT2D eigenvalue weighted by Gasteiger charge is 2.46. The van der Waals surface area contributed by atoms with Crippen LogP contribution >= 0.6 is 19.4 Å². The Morgan fingerprint density at radius 1 is 1.19 bits per heavy atom. The van der Waals surface area contributed by atoms with Crippen molar-refractivity contribution in [2.45, 2.75) is 52.1 Å². The highest BCUT2D eigenvalue weighted by molar-refractivity contribution is 7.46. The van der Waals surface area contributed by atoms with Gasteiger partial charge in [0.15, 0.2) is 0 Å². The average Bonchev–Trinajstić information content (AvgIpc) is 3.83. The molecule has 3 aromatic heterocycles. The lowest BCUT2D eigenvalue weighted by molar-refractivity contribution is 0.0427. The summed E-state index contributed by atoms with van der Waals surface area (Å²) in [6.07, 6.45) is 6.96. The Hall–Kier alpha value is -4.84. The van der Waals surface area contributed by atoms with E-state index in [2.05, 4.69) is 31.2 Å². The van der Waals surface area contributed by atoms with Gasteiger partial charge in [0.1, 0.15) is 17.8 Å². The minimum atomic E-state index is -5.02. The molecule has 2 bridgehead atoms. The number of nitriles is 1. The molecule has 276 valence electrons. The van der Waals surface area contributed by atoms with Gasteiger partial charge in [0.2, 0.25) is 6.79 Å². The minimum Gasteiger partial charge on any atom is -0.421 e.